The Bertz CT molecular complexity index is 479. The van der Waals surface area contributed by atoms with Crippen molar-refractivity contribution in [3.05, 3.63) is 27.2 Å². The molecule has 1 aromatic rings. The highest BCUT2D eigenvalue weighted by Crippen LogP contribution is 2.41. The lowest BCUT2D eigenvalue weighted by Gasteiger charge is -2.29. The average molecular weight is 354 g/mol. The minimum absolute atomic E-state index is 0.0780. The summed E-state index contributed by atoms with van der Waals surface area (Å²) in [5.41, 5.74) is 10.3. The van der Waals surface area contributed by atoms with Crippen LogP contribution in [0.2, 0.25) is 0 Å². The molecule has 1 aromatic carbocycles. The second-order valence-electron chi connectivity index (χ2n) is 6.38. The van der Waals surface area contributed by atoms with E-state index in [0.29, 0.717) is 5.92 Å². The van der Waals surface area contributed by atoms with Gasteiger partial charge in [-0.15, -0.1) is 0 Å². The molecule has 3 heteroatoms. The maximum atomic E-state index is 6.70. The molecule has 1 aliphatic carbocycles. The molecule has 0 radical (unpaired) electrons. The zero-order valence-corrected chi connectivity index (χ0v) is 15.1. The molecule has 1 unspecified atom stereocenters. The van der Waals surface area contributed by atoms with Crippen molar-refractivity contribution in [2.24, 2.45) is 11.7 Å². The number of hydrogen-bond acceptors (Lipinski definition) is 2. The zero-order valence-electron chi connectivity index (χ0n) is 13.5. The van der Waals surface area contributed by atoms with Gasteiger partial charge in [0.15, 0.2) is 0 Å². The van der Waals surface area contributed by atoms with Crippen molar-refractivity contribution in [3.8, 4) is 5.75 Å². The predicted octanol–water partition coefficient (Wildman–Crippen LogP) is 5.43. The van der Waals surface area contributed by atoms with Gasteiger partial charge >= 0.3 is 0 Å². The van der Waals surface area contributed by atoms with Gasteiger partial charge in [0.25, 0.3) is 0 Å². The van der Waals surface area contributed by atoms with Crippen LogP contribution < -0.4 is 10.5 Å². The van der Waals surface area contributed by atoms with Crippen molar-refractivity contribution in [1.29, 1.82) is 0 Å². The van der Waals surface area contributed by atoms with E-state index in [9.17, 15) is 0 Å². The molecule has 1 aliphatic rings. The van der Waals surface area contributed by atoms with Crippen molar-refractivity contribution in [2.75, 3.05) is 7.11 Å². The number of methoxy groups -OCH3 is 1. The van der Waals surface area contributed by atoms with Gasteiger partial charge in [0, 0.05) is 16.1 Å². The van der Waals surface area contributed by atoms with Gasteiger partial charge in [-0.05, 0) is 49.8 Å². The van der Waals surface area contributed by atoms with Crippen LogP contribution in [0.5, 0.6) is 5.75 Å². The molecule has 0 aliphatic heterocycles. The fourth-order valence-electron chi connectivity index (χ4n) is 3.63. The Morgan fingerprint density at radius 3 is 2.29 bits per heavy atom. The summed E-state index contributed by atoms with van der Waals surface area (Å²) in [7, 11) is 1.75. The first-order chi connectivity index (χ1) is 10.1. The molecule has 2 nitrogen and oxygen atoms in total. The third-order valence-corrected chi connectivity index (χ3v) is 5.73. The first-order valence-corrected chi connectivity index (χ1v) is 8.94. The van der Waals surface area contributed by atoms with E-state index in [4.69, 9.17) is 10.5 Å². The van der Waals surface area contributed by atoms with Crippen molar-refractivity contribution in [3.63, 3.8) is 0 Å². The molecule has 118 valence electrons. The fraction of sp³-hybridized carbons (Fsp3) is 0.667. The van der Waals surface area contributed by atoms with Crippen molar-refractivity contribution < 1.29 is 4.74 Å². The lowest BCUT2D eigenvalue weighted by atomic mass is 9.81. The molecule has 1 fully saturated rings. The van der Waals surface area contributed by atoms with E-state index in [2.05, 4.69) is 35.8 Å². The molecule has 21 heavy (non-hydrogen) atoms. The first kappa shape index (κ1) is 16.8. The van der Waals surface area contributed by atoms with E-state index < -0.39 is 0 Å². The Labute approximate surface area is 137 Å². The summed E-state index contributed by atoms with van der Waals surface area (Å²) < 4.78 is 6.82. The number of nitrogens with two attached hydrogens (primary N) is 1. The minimum Gasteiger partial charge on any atom is -0.496 e. The van der Waals surface area contributed by atoms with Gasteiger partial charge in [-0.25, -0.2) is 0 Å². The monoisotopic (exact) mass is 353 g/mol. The smallest absolute Gasteiger partial charge is 0.126 e. The van der Waals surface area contributed by atoms with E-state index in [-0.39, 0.29) is 6.04 Å². The normalized spacial score (nSPS) is 18.9. The number of hydrogen-bond donors (Lipinski definition) is 1. The SMILES string of the molecule is COc1c(C)cc(Br)c(C)c1C(N)C1CCCCCCC1. The second-order valence-corrected chi connectivity index (χ2v) is 7.23. The van der Waals surface area contributed by atoms with E-state index >= 15 is 0 Å². The molecule has 2 rings (SSSR count). The minimum atomic E-state index is 0.0780. The molecular formula is C18H28BrNO. The van der Waals surface area contributed by atoms with Crippen LogP contribution in [0.3, 0.4) is 0 Å². The van der Waals surface area contributed by atoms with Crippen LogP contribution in [0.15, 0.2) is 10.5 Å². The molecule has 1 atom stereocenters. The topological polar surface area (TPSA) is 35.2 Å². The van der Waals surface area contributed by atoms with Crippen molar-refractivity contribution in [2.45, 2.75) is 64.8 Å². The molecule has 0 amide bonds. The summed E-state index contributed by atoms with van der Waals surface area (Å²) in [5.74, 6) is 1.55. The second kappa shape index (κ2) is 7.64. The Hall–Kier alpha value is -0.540. The van der Waals surface area contributed by atoms with Crippen LogP contribution in [-0.2, 0) is 0 Å². The van der Waals surface area contributed by atoms with Crippen LogP contribution in [0, 0.1) is 19.8 Å². The number of benzene rings is 1. The molecule has 0 saturated heterocycles. The molecule has 0 heterocycles. The summed E-state index contributed by atoms with van der Waals surface area (Å²) >= 11 is 3.67. The summed E-state index contributed by atoms with van der Waals surface area (Å²) in [6, 6.07) is 2.21. The van der Waals surface area contributed by atoms with Gasteiger partial charge in [0.1, 0.15) is 5.75 Å². The van der Waals surface area contributed by atoms with Gasteiger partial charge < -0.3 is 10.5 Å². The van der Waals surface area contributed by atoms with E-state index in [1.54, 1.807) is 7.11 Å². The van der Waals surface area contributed by atoms with Gasteiger partial charge in [-0.2, -0.15) is 0 Å². The maximum Gasteiger partial charge on any atom is 0.126 e. The third-order valence-electron chi connectivity index (χ3n) is 4.90. The van der Waals surface area contributed by atoms with Crippen LogP contribution in [0.25, 0.3) is 0 Å². The van der Waals surface area contributed by atoms with Crippen molar-refractivity contribution in [1.82, 2.24) is 0 Å². The summed E-state index contributed by atoms with van der Waals surface area (Å²) in [6.07, 6.45) is 9.22. The molecule has 2 N–H and O–H groups in total. The van der Waals surface area contributed by atoms with Crippen LogP contribution >= 0.6 is 15.9 Å². The summed E-state index contributed by atoms with van der Waals surface area (Å²) in [4.78, 5) is 0. The molecule has 0 spiro atoms. The van der Waals surface area contributed by atoms with E-state index in [0.717, 1.165) is 15.8 Å². The fourth-order valence-corrected chi connectivity index (χ4v) is 4.19. The molecular weight excluding hydrogens is 326 g/mol. The van der Waals surface area contributed by atoms with Crippen molar-refractivity contribution >= 4 is 15.9 Å². The van der Waals surface area contributed by atoms with E-state index in [1.807, 2.05) is 0 Å². The van der Waals surface area contributed by atoms with Gasteiger partial charge in [-0.1, -0.05) is 48.0 Å². The quantitative estimate of drug-likeness (QED) is 0.785. The number of rotatable bonds is 3. The third kappa shape index (κ3) is 3.81. The average Bonchev–Trinajstić information content (AvgIpc) is 2.41. The van der Waals surface area contributed by atoms with E-state index in [1.165, 1.54) is 56.1 Å². The zero-order chi connectivity index (χ0) is 15.4. The summed E-state index contributed by atoms with van der Waals surface area (Å²) in [5, 5.41) is 0. The number of ether oxygens (including phenoxy) is 1. The standard InChI is InChI=1S/C18H28BrNO/c1-12-11-15(19)13(2)16(18(12)21-3)17(20)14-9-7-5-4-6-8-10-14/h11,14,17H,4-10,20H2,1-3H3. The first-order valence-electron chi connectivity index (χ1n) is 8.15. The highest BCUT2D eigenvalue weighted by atomic mass is 79.9. The lowest BCUT2D eigenvalue weighted by Crippen LogP contribution is -2.24. The van der Waals surface area contributed by atoms with Gasteiger partial charge in [0.05, 0.1) is 7.11 Å². The molecule has 0 aromatic heterocycles. The molecule has 0 bridgehead atoms. The van der Waals surface area contributed by atoms with Crippen LogP contribution in [0.4, 0.5) is 0 Å². The highest BCUT2D eigenvalue weighted by Gasteiger charge is 2.26. The van der Waals surface area contributed by atoms with Crippen LogP contribution in [0.1, 0.15) is 67.7 Å². The lowest BCUT2D eigenvalue weighted by molar-refractivity contribution is 0.317. The van der Waals surface area contributed by atoms with Crippen LogP contribution in [-0.4, -0.2) is 7.11 Å². The maximum absolute atomic E-state index is 6.70. The summed E-state index contributed by atoms with van der Waals surface area (Å²) in [6.45, 7) is 4.24. The largest absolute Gasteiger partial charge is 0.496 e. The Kier molecular flexibility index (Phi) is 6.12. The Morgan fingerprint density at radius 1 is 1.14 bits per heavy atom. The van der Waals surface area contributed by atoms with Gasteiger partial charge in [-0.3, -0.25) is 0 Å². The predicted molar refractivity (Wildman–Crippen MR) is 92.9 cm³/mol. The number of aryl methyl sites for hydroxylation is 1. The molecule has 1 saturated carbocycles. The highest BCUT2D eigenvalue weighted by molar-refractivity contribution is 9.10. The Balaban J connectivity index is 2.34. The van der Waals surface area contributed by atoms with Gasteiger partial charge in [0.2, 0.25) is 0 Å². The Morgan fingerprint density at radius 2 is 1.71 bits per heavy atom. The number of halogens is 1.